The number of benzene rings is 1. The summed E-state index contributed by atoms with van der Waals surface area (Å²) in [5.74, 6) is 2.27. The van der Waals surface area contributed by atoms with Crippen molar-refractivity contribution in [2.24, 2.45) is 0 Å². The number of ether oxygens (including phenoxy) is 2. The van der Waals surface area contributed by atoms with Crippen molar-refractivity contribution in [1.82, 2.24) is 4.98 Å². The second kappa shape index (κ2) is 6.64. The topological polar surface area (TPSA) is 31.4 Å². The second-order valence-electron chi connectivity index (χ2n) is 3.75. The standard InChI is InChI=1S/C14H13Cl2NO2/c1-2-18-11-3-5-12(6-4-11)19-14-7-10(8-15)13(16)9-17-14/h3-7,9H,2,8H2,1H3. The van der Waals surface area contributed by atoms with Gasteiger partial charge in [0.05, 0.1) is 11.6 Å². The summed E-state index contributed by atoms with van der Waals surface area (Å²) in [6.45, 7) is 2.58. The number of pyridine rings is 1. The lowest BCUT2D eigenvalue weighted by atomic mass is 10.3. The van der Waals surface area contributed by atoms with Gasteiger partial charge in [-0.1, -0.05) is 11.6 Å². The van der Waals surface area contributed by atoms with Gasteiger partial charge in [0.25, 0.3) is 0 Å². The summed E-state index contributed by atoms with van der Waals surface area (Å²) in [5.41, 5.74) is 0.791. The van der Waals surface area contributed by atoms with Crippen LogP contribution in [0.4, 0.5) is 0 Å². The third kappa shape index (κ3) is 3.75. The fourth-order valence-electron chi connectivity index (χ4n) is 1.51. The van der Waals surface area contributed by atoms with Crippen LogP contribution in [0.3, 0.4) is 0 Å². The van der Waals surface area contributed by atoms with E-state index in [1.54, 1.807) is 6.07 Å². The van der Waals surface area contributed by atoms with E-state index in [4.69, 9.17) is 32.7 Å². The quantitative estimate of drug-likeness (QED) is 0.752. The van der Waals surface area contributed by atoms with Crippen molar-refractivity contribution in [2.45, 2.75) is 12.8 Å². The highest BCUT2D eigenvalue weighted by Gasteiger charge is 2.04. The third-order valence-electron chi connectivity index (χ3n) is 2.41. The van der Waals surface area contributed by atoms with E-state index in [-0.39, 0.29) is 0 Å². The molecule has 0 N–H and O–H groups in total. The van der Waals surface area contributed by atoms with Gasteiger partial charge < -0.3 is 9.47 Å². The zero-order valence-corrected chi connectivity index (χ0v) is 11.9. The first-order chi connectivity index (χ1) is 9.22. The van der Waals surface area contributed by atoms with Gasteiger partial charge in [-0.25, -0.2) is 4.98 Å². The van der Waals surface area contributed by atoms with Crippen LogP contribution in [0.5, 0.6) is 17.4 Å². The predicted octanol–water partition coefficient (Wildman–Crippen LogP) is 4.66. The first kappa shape index (κ1) is 14.0. The van der Waals surface area contributed by atoms with Gasteiger partial charge in [0.15, 0.2) is 0 Å². The van der Waals surface area contributed by atoms with Gasteiger partial charge in [-0.3, -0.25) is 0 Å². The van der Waals surface area contributed by atoms with Crippen molar-refractivity contribution in [3.05, 3.63) is 47.1 Å². The lowest BCUT2D eigenvalue weighted by Crippen LogP contribution is -1.92. The van der Waals surface area contributed by atoms with E-state index >= 15 is 0 Å². The number of hydrogen-bond donors (Lipinski definition) is 0. The molecule has 1 aromatic heterocycles. The molecule has 0 atom stereocenters. The van der Waals surface area contributed by atoms with Gasteiger partial charge in [-0.15, -0.1) is 11.6 Å². The maximum Gasteiger partial charge on any atom is 0.219 e. The fraction of sp³-hybridized carbons (Fsp3) is 0.214. The summed E-state index contributed by atoms with van der Waals surface area (Å²) in [7, 11) is 0. The number of hydrogen-bond acceptors (Lipinski definition) is 3. The first-order valence-corrected chi connectivity index (χ1v) is 6.75. The molecule has 0 unspecified atom stereocenters. The van der Waals surface area contributed by atoms with E-state index < -0.39 is 0 Å². The van der Waals surface area contributed by atoms with E-state index in [2.05, 4.69) is 4.98 Å². The van der Waals surface area contributed by atoms with Crippen LogP contribution in [-0.4, -0.2) is 11.6 Å². The van der Waals surface area contributed by atoms with Gasteiger partial charge in [0.1, 0.15) is 11.5 Å². The Kier molecular flexibility index (Phi) is 4.88. The Morgan fingerprint density at radius 2 is 1.84 bits per heavy atom. The number of halogens is 2. The molecule has 0 aliphatic rings. The van der Waals surface area contributed by atoms with Gasteiger partial charge in [-0.05, 0) is 36.8 Å². The zero-order chi connectivity index (χ0) is 13.7. The summed E-state index contributed by atoms with van der Waals surface area (Å²) in [6, 6.07) is 9.06. The van der Waals surface area contributed by atoms with E-state index in [1.165, 1.54) is 6.20 Å². The molecular formula is C14H13Cl2NO2. The zero-order valence-electron chi connectivity index (χ0n) is 10.4. The number of nitrogens with zero attached hydrogens (tertiary/aromatic N) is 1. The molecule has 0 amide bonds. The molecule has 0 aliphatic carbocycles. The molecule has 5 heteroatoms. The summed E-state index contributed by atoms with van der Waals surface area (Å²) < 4.78 is 11.0. The molecular weight excluding hydrogens is 285 g/mol. The SMILES string of the molecule is CCOc1ccc(Oc2cc(CCl)c(Cl)cn2)cc1. The Morgan fingerprint density at radius 3 is 2.47 bits per heavy atom. The van der Waals surface area contributed by atoms with E-state index in [0.717, 1.165) is 11.3 Å². The molecule has 0 spiro atoms. The average Bonchev–Trinajstić information content (AvgIpc) is 2.43. The highest BCUT2D eigenvalue weighted by molar-refractivity contribution is 6.32. The molecule has 2 aromatic rings. The van der Waals surface area contributed by atoms with Crippen molar-refractivity contribution in [3.8, 4) is 17.4 Å². The minimum Gasteiger partial charge on any atom is -0.494 e. The van der Waals surface area contributed by atoms with Crippen molar-refractivity contribution in [3.63, 3.8) is 0 Å². The van der Waals surface area contributed by atoms with Crippen LogP contribution in [-0.2, 0) is 5.88 Å². The molecule has 19 heavy (non-hydrogen) atoms. The molecule has 3 nitrogen and oxygen atoms in total. The van der Waals surface area contributed by atoms with Crippen molar-refractivity contribution in [2.75, 3.05) is 6.61 Å². The molecule has 1 heterocycles. The van der Waals surface area contributed by atoms with Crippen molar-refractivity contribution >= 4 is 23.2 Å². The number of rotatable bonds is 5. The highest BCUT2D eigenvalue weighted by atomic mass is 35.5. The minimum absolute atomic E-state index is 0.320. The van der Waals surface area contributed by atoms with Crippen LogP contribution < -0.4 is 9.47 Å². The van der Waals surface area contributed by atoms with Crippen LogP contribution in [0.25, 0.3) is 0 Å². The van der Waals surface area contributed by atoms with Crippen LogP contribution >= 0.6 is 23.2 Å². The van der Waals surface area contributed by atoms with E-state index in [9.17, 15) is 0 Å². The van der Waals surface area contributed by atoms with Gasteiger partial charge in [0.2, 0.25) is 5.88 Å². The monoisotopic (exact) mass is 297 g/mol. The number of aromatic nitrogens is 1. The lowest BCUT2D eigenvalue weighted by Gasteiger charge is -2.08. The minimum atomic E-state index is 0.320. The van der Waals surface area contributed by atoms with Gasteiger partial charge >= 0.3 is 0 Å². The van der Waals surface area contributed by atoms with E-state index in [1.807, 2.05) is 31.2 Å². The van der Waals surface area contributed by atoms with Gasteiger partial charge in [0, 0.05) is 18.1 Å². The molecule has 0 bridgehead atoms. The first-order valence-electron chi connectivity index (χ1n) is 5.84. The molecule has 1 aromatic carbocycles. The van der Waals surface area contributed by atoms with Crippen molar-refractivity contribution in [1.29, 1.82) is 0 Å². The second-order valence-corrected chi connectivity index (χ2v) is 4.43. The summed E-state index contributed by atoms with van der Waals surface area (Å²) in [6.07, 6.45) is 1.53. The normalized spacial score (nSPS) is 10.3. The van der Waals surface area contributed by atoms with Gasteiger partial charge in [-0.2, -0.15) is 0 Å². The molecule has 2 rings (SSSR count). The Morgan fingerprint density at radius 1 is 1.16 bits per heavy atom. The maximum absolute atomic E-state index is 5.94. The average molecular weight is 298 g/mol. The molecule has 100 valence electrons. The highest BCUT2D eigenvalue weighted by Crippen LogP contribution is 2.26. The molecule has 0 fully saturated rings. The van der Waals surface area contributed by atoms with Crippen LogP contribution in [0, 0.1) is 0 Å². The summed E-state index contributed by atoms with van der Waals surface area (Å²) >= 11 is 11.7. The Balaban J connectivity index is 2.12. The lowest BCUT2D eigenvalue weighted by molar-refractivity contribution is 0.339. The summed E-state index contributed by atoms with van der Waals surface area (Å²) in [4.78, 5) is 4.10. The Bertz CT molecular complexity index is 544. The van der Waals surface area contributed by atoms with Crippen LogP contribution in [0.15, 0.2) is 36.5 Å². The maximum atomic E-state index is 5.94. The van der Waals surface area contributed by atoms with Crippen molar-refractivity contribution < 1.29 is 9.47 Å². The number of alkyl halides is 1. The smallest absolute Gasteiger partial charge is 0.219 e. The molecule has 0 aliphatic heterocycles. The predicted molar refractivity (Wildman–Crippen MR) is 76.5 cm³/mol. The largest absolute Gasteiger partial charge is 0.494 e. The Labute approximate surface area is 122 Å². The molecule has 0 radical (unpaired) electrons. The molecule has 0 saturated carbocycles. The third-order valence-corrected chi connectivity index (χ3v) is 3.04. The molecule has 0 saturated heterocycles. The van der Waals surface area contributed by atoms with Crippen LogP contribution in [0.1, 0.15) is 12.5 Å². The van der Waals surface area contributed by atoms with E-state index in [0.29, 0.717) is 29.1 Å². The Hall–Kier alpha value is -1.45. The fourth-order valence-corrected chi connectivity index (χ4v) is 1.97. The summed E-state index contributed by atoms with van der Waals surface area (Å²) in [5, 5.41) is 0.536. The van der Waals surface area contributed by atoms with Crippen LogP contribution in [0.2, 0.25) is 5.02 Å².